The zero-order chi connectivity index (χ0) is 36.1. The molecule has 0 bridgehead atoms. The van der Waals surface area contributed by atoms with E-state index in [-0.39, 0.29) is 23.0 Å². The first-order chi connectivity index (χ1) is 22.8. The minimum Gasteiger partial charge on any atom is -0.504 e. The summed E-state index contributed by atoms with van der Waals surface area (Å²) in [5, 5.41) is 21.2. The number of hydrogen-bond donors (Lipinski definition) is 2. The number of benzene rings is 1. The molecule has 4 nitrogen and oxygen atoms in total. The van der Waals surface area contributed by atoms with Gasteiger partial charge in [0.25, 0.3) is 0 Å². The van der Waals surface area contributed by atoms with Gasteiger partial charge in [-0.15, -0.1) is 0 Å². The van der Waals surface area contributed by atoms with Crippen LogP contribution in [0.5, 0.6) is 23.0 Å². The van der Waals surface area contributed by atoms with E-state index in [0.717, 1.165) is 64.2 Å². The first kappa shape index (κ1) is 42.6. The van der Waals surface area contributed by atoms with Gasteiger partial charge in [0.05, 0.1) is 14.2 Å². The van der Waals surface area contributed by atoms with Crippen molar-refractivity contribution in [1.82, 2.24) is 0 Å². The van der Waals surface area contributed by atoms with E-state index in [1.54, 1.807) is 6.92 Å². The number of hydrogen-bond acceptors (Lipinski definition) is 4. The van der Waals surface area contributed by atoms with Gasteiger partial charge in [0.1, 0.15) is 0 Å². The van der Waals surface area contributed by atoms with E-state index < -0.39 is 0 Å². The summed E-state index contributed by atoms with van der Waals surface area (Å²) in [6.45, 7) is 19.5. The van der Waals surface area contributed by atoms with Crippen LogP contribution in [0.2, 0.25) is 0 Å². The highest BCUT2D eigenvalue weighted by Crippen LogP contribution is 2.48. The van der Waals surface area contributed by atoms with Gasteiger partial charge >= 0.3 is 0 Å². The monoisotopic (exact) mass is 661 g/mol. The quantitative estimate of drug-likeness (QED) is 0.0960. The Morgan fingerprint density at radius 3 is 1.06 bits per heavy atom. The number of allylic oxidation sites excluding steroid dienone is 14. The second kappa shape index (κ2) is 23.8. The standard InChI is InChI=1S/C44H68O4/c1-32(2)18-12-19-33(3)20-13-21-34(4)22-14-23-35(5)24-15-25-36(6)26-16-27-37(7)28-17-29-38(8)30-31-40-39(9)41(45)43(47-10)44(48-11)42(40)46/h18,20,22,24,26,28,30,45-46H,12-17,19,21,23,25,27,29,31H2,1-11H3/b33-20+,34-22+,35-24+,36-26-,37-28-,38-30+. The van der Waals surface area contributed by atoms with Crippen molar-refractivity contribution in [1.29, 1.82) is 0 Å². The Bertz CT molecular complexity index is 1360. The highest BCUT2D eigenvalue weighted by atomic mass is 16.5. The van der Waals surface area contributed by atoms with Crippen LogP contribution in [0.1, 0.15) is 144 Å². The average molecular weight is 661 g/mol. The summed E-state index contributed by atoms with van der Waals surface area (Å²) in [5.74, 6) is 0.357. The Balaban J connectivity index is 2.40. The molecule has 0 spiro atoms. The number of ether oxygens (including phenoxy) is 2. The molecule has 0 saturated carbocycles. The van der Waals surface area contributed by atoms with Crippen molar-refractivity contribution in [2.45, 2.75) is 146 Å². The zero-order valence-corrected chi connectivity index (χ0v) is 32.4. The highest BCUT2D eigenvalue weighted by Gasteiger charge is 2.22. The van der Waals surface area contributed by atoms with Crippen LogP contribution in [0.4, 0.5) is 0 Å². The van der Waals surface area contributed by atoms with Gasteiger partial charge in [-0.3, -0.25) is 0 Å². The summed E-state index contributed by atoms with van der Waals surface area (Å²) in [5.41, 5.74) is 11.3. The molecule has 0 heterocycles. The minimum atomic E-state index is 0.00678. The highest BCUT2D eigenvalue weighted by molar-refractivity contribution is 5.66. The molecule has 0 saturated heterocycles. The van der Waals surface area contributed by atoms with Crippen LogP contribution in [0.3, 0.4) is 0 Å². The number of phenolic OH excluding ortho intramolecular Hbond substituents is 2. The van der Waals surface area contributed by atoms with E-state index in [2.05, 4.69) is 97.9 Å². The summed E-state index contributed by atoms with van der Waals surface area (Å²) >= 11 is 0. The lowest BCUT2D eigenvalue weighted by atomic mass is 9.99. The van der Waals surface area contributed by atoms with Gasteiger partial charge in [-0.25, -0.2) is 0 Å². The topological polar surface area (TPSA) is 58.9 Å². The molecule has 0 unspecified atom stereocenters. The molecule has 0 radical (unpaired) electrons. The Morgan fingerprint density at radius 2 is 0.750 bits per heavy atom. The van der Waals surface area contributed by atoms with E-state index in [1.807, 2.05) is 0 Å². The van der Waals surface area contributed by atoms with Gasteiger partial charge in [0, 0.05) is 11.1 Å². The van der Waals surface area contributed by atoms with Crippen molar-refractivity contribution in [2.24, 2.45) is 0 Å². The lowest BCUT2D eigenvalue weighted by Gasteiger charge is -2.17. The van der Waals surface area contributed by atoms with Crippen molar-refractivity contribution in [3.8, 4) is 23.0 Å². The van der Waals surface area contributed by atoms with E-state index in [4.69, 9.17) is 9.47 Å². The van der Waals surface area contributed by atoms with Crippen LogP contribution in [0.15, 0.2) is 81.5 Å². The molecule has 0 aliphatic heterocycles. The van der Waals surface area contributed by atoms with Crippen molar-refractivity contribution in [2.75, 3.05) is 14.2 Å². The van der Waals surface area contributed by atoms with Crippen LogP contribution >= 0.6 is 0 Å². The third kappa shape index (κ3) is 17.1. The molecule has 0 fully saturated rings. The third-order valence-electron chi connectivity index (χ3n) is 9.04. The lowest BCUT2D eigenvalue weighted by molar-refractivity contribution is 0.314. The molecule has 268 valence electrons. The molecule has 2 N–H and O–H groups in total. The van der Waals surface area contributed by atoms with Crippen LogP contribution in [-0.2, 0) is 6.42 Å². The summed E-state index contributed by atoms with van der Waals surface area (Å²) < 4.78 is 10.5. The Morgan fingerprint density at radius 1 is 0.458 bits per heavy atom. The Hall–Kier alpha value is -3.40. The molecule has 1 aromatic rings. The first-order valence-electron chi connectivity index (χ1n) is 18.0. The van der Waals surface area contributed by atoms with Gasteiger partial charge in [0.2, 0.25) is 11.5 Å². The van der Waals surface area contributed by atoms with Crippen molar-refractivity contribution < 1.29 is 19.7 Å². The Labute approximate surface area is 294 Å². The van der Waals surface area contributed by atoms with Gasteiger partial charge in [-0.05, 0) is 146 Å². The molecular formula is C44H68O4. The largest absolute Gasteiger partial charge is 0.504 e. The van der Waals surface area contributed by atoms with E-state index in [9.17, 15) is 10.2 Å². The normalized spacial score (nSPS) is 13.6. The zero-order valence-electron chi connectivity index (χ0n) is 32.4. The fraction of sp³-hybridized carbons (Fsp3) is 0.545. The SMILES string of the molecule is COc1c(O)c(C)c(C/C=C(\C)CC/C=C(/C)CC/C=C(/C)CC/C=C(\C)CC/C=C(\C)CC/C=C(\C)CCC=C(C)C)c(O)c1OC. The molecule has 48 heavy (non-hydrogen) atoms. The maximum absolute atomic E-state index is 10.7. The molecule has 0 amide bonds. The third-order valence-corrected chi connectivity index (χ3v) is 9.04. The van der Waals surface area contributed by atoms with Gasteiger partial charge < -0.3 is 19.7 Å². The van der Waals surface area contributed by atoms with Crippen LogP contribution in [0.25, 0.3) is 0 Å². The molecule has 1 rings (SSSR count). The molecule has 0 aromatic heterocycles. The first-order valence-corrected chi connectivity index (χ1v) is 18.0. The number of phenols is 2. The second-order valence-electron chi connectivity index (χ2n) is 13.9. The van der Waals surface area contributed by atoms with Gasteiger partial charge in [-0.2, -0.15) is 0 Å². The van der Waals surface area contributed by atoms with Crippen molar-refractivity contribution >= 4 is 0 Å². The smallest absolute Gasteiger partial charge is 0.207 e. The fourth-order valence-electron chi connectivity index (χ4n) is 5.68. The fourth-order valence-corrected chi connectivity index (χ4v) is 5.68. The van der Waals surface area contributed by atoms with E-state index in [1.165, 1.54) is 66.1 Å². The molecule has 0 aliphatic rings. The van der Waals surface area contributed by atoms with Crippen molar-refractivity contribution in [3.63, 3.8) is 0 Å². The summed E-state index contributed by atoms with van der Waals surface area (Å²) in [6.07, 6.45) is 30.3. The van der Waals surface area contributed by atoms with Crippen molar-refractivity contribution in [3.05, 3.63) is 92.7 Å². The van der Waals surface area contributed by atoms with Crippen LogP contribution in [0, 0.1) is 6.92 Å². The molecular weight excluding hydrogens is 592 g/mol. The van der Waals surface area contributed by atoms with Crippen LogP contribution in [-0.4, -0.2) is 24.4 Å². The molecule has 0 aliphatic carbocycles. The van der Waals surface area contributed by atoms with E-state index >= 15 is 0 Å². The molecule has 0 atom stereocenters. The number of aromatic hydroxyl groups is 2. The predicted octanol–water partition coefficient (Wildman–Crippen LogP) is 13.3. The van der Waals surface area contributed by atoms with Gasteiger partial charge in [0.15, 0.2) is 11.5 Å². The van der Waals surface area contributed by atoms with Gasteiger partial charge in [-0.1, -0.05) is 81.5 Å². The average Bonchev–Trinajstić information content (AvgIpc) is 3.02. The number of rotatable bonds is 22. The second-order valence-corrected chi connectivity index (χ2v) is 13.9. The predicted molar refractivity (Wildman–Crippen MR) is 209 cm³/mol. The maximum atomic E-state index is 10.7. The van der Waals surface area contributed by atoms with Crippen LogP contribution < -0.4 is 9.47 Å². The molecule has 4 heteroatoms. The Kier molecular flexibility index (Phi) is 21.2. The summed E-state index contributed by atoms with van der Waals surface area (Å²) in [6, 6.07) is 0. The maximum Gasteiger partial charge on any atom is 0.207 e. The number of methoxy groups -OCH3 is 2. The minimum absolute atomic E-state index is 0.00678. The summed E-state index contributed by atoms with van der Waals surface area (Å²) in [7, 11) is 2.91. The van der Waals surface area contributed by atoms with E-state index in [0.29, 0.717) is 17.5 Å². The molecule has 1 aromatic carbocycles. The summed E-state index contributed by atoms with van der Waals surface area (Å²) in [4.78, 5) is 0. The lowest BCUT2D eigenvalue weighted by Crippen LogP contribution is -1.98.